The molecule has 2 aliphatic heterocycles. The smallest absolute Gasteiger partial charge is 0.313 e. The third kappa shape index (κ3) is 5.79. The van der Waals surface area contributed by atoms with Gasteiger partial charge in [0, 0.05) is 31.5 Å². The molecule has 2 aromatic rings. The lowest BCUT2D eigenvalue weighted by Gasteiger charge is -2.36. The van der Waals surface area contributed by atoms with Crippen LogP contribution >= 0.6 is 0 Å². The maximum Gasteiger partial charge on any atom is 0.313 e. The largest absolute Gasteiger partial charge is 0.374 e. The SMILES string of the molecule is CC(C)c1ccc(NC(=O)C(=O)NC[C@@H](c2ccc3c(c2)CCCN3C)N2CCCCC2)cc1. The lowest BCUT2D eigenvalue weighted by Crippen LogP contribution is -2.43. The van der Waals surface area contributed by atoms with Crippen LogP contribution in [0.3, 0.4) is 0 Å². The van der Waals surface area contributed by atoms with E-state index in [9.17, 15) is 9.59 Å². The second-order valence-electron chi connectivity index (χ2n) is 9.97. The van der Waals surface area contributed by atoms with E-state index in [1.165, 1.54) is 41.6 Å². The summed E-state index contributed by atoms with van der Waals surface area (Å²) in [5.74, 6) is -0.793. The number of hydrogen-bond donors (Lipinski definition) is 2. The molecule has 182 valence electrons. The maximum absolute atomic E-state index is 12.7. The summed E-state index contributed by atoms with van der Waals surface area (Å²) >= 11 is 0. The van der Waals surface area contributed by atoms with Crippen LogP contribution in [0.25, 0.3) is 0 Å². The van der Waals surface area contributed by atoms with E-state index in [1.807, 2.05) is 24.3 Å². The number of rotatable bonds is 6. The van der Waals surface area contributed by atoms with Crippen LogP contribution in [0.4, 0.5) is 11.4 Å². The van der Waals surface area contributed by atoms with Gasteiger partial charge in [-0.2, -0.15) is 0 Å². The molecule has 0 bridgehead atoms. The van der Waals surface area contributed by atoms with Gasteiger partial charge in [-0.25, -0.2) is 0 Å². The number of aryl methyl sites for hydroxylation is 1. The molecule has 2 amide bonds. The minimum absolute atomic E-state index is 0.0694. The van der Waals surface area contributed by atoms with Gasteiger partial charge in [-0.3, -0.25) is 14.5 Å². The number of nitrogens with zero attached hydrogens (tertiary/aromatic N) is 2. The van der Waals surface area contributed by atoms with E-state index in [1.54, 1.807) is 0 Å². The summed E-state index contributed by atoms with van der Waals surface area (Å²) in [6.45, 7) is 7.81. The highest BCUT2D eigenvalue weighted by Crippen LogP contribution is 2.31. The molecule has 1 saturated heterocycles. The van der Waals surface area contributed by atoms with Gasteiger partial charge in [0.25, 0.3) is 0 Å². The second kappa shape index (κ2) is 11.0. The van der Waals surface area contributed by atoms with Gasteiger partial charge in [0.1, 0.15) is 0 Å². The summed E-state index contributed by atoms with van der Waals surface area (Å²) in [4.78, 5) is 30.0. The standard InChI is InChI=1S/C28H38N4O2/c1-20(2)21-9-12-24(13-10-21)30-28(34)27(33)29-19-26(32-16-5-4-6-17-32)23-11-14-25-22(18-23)8-7-15-31(25)3/h9-14,18,20,26H,4-8,15-17,19H2,1-3H3,(H,29,33)(H,30,34)/t26-/m0/s1. The van der Waals surface area contributed by atoms with Gasteiger partial charge in [0.15, 0.2) is 0 Å². The molecule has 0 radical (unpaired) electrons. The monoisotopic (exact) mass is 462 g/mol. The summed E-state index contributed by atoms with van der Waals surface area (Å²) in [6.07, 6.45) is 5.85. The highest BCUT2D eigenvalue weighted by molar-refractivity contribution is 6.39. The number of amides is 2. The fraction of sp³-hybridized carbons (Fsp3) is 0.500. The fourth-order valence-corrected chi connectivity index (χ4v) is 5.11. The highest BCUT2D eigenvalue weighted by atomic mass is 16.2. The summed E-state index contributed by atoms with van der Waals surface area (Å²) in [5, 5.41) is 5.64. The number of carbonyl (C=O) groups is 2. The molecule has 0 aliphatic carbocycles. The minimum Gasteiger partial charge on any atom is -0.374 e. The number of piperidine rings is 1. The molecule has 34 heavy (non-hydrogen) atoms. The lowest BCUT2D eigenvalue weighted by molar-refractivity contribution is -0.136. The van der Waals surface area contributed by atoms with Gasteiger partial charge in [-0.15, -0.1) is 0 Å². The summed E-state index contributed by atoms with van der Waals surface area (Å²) in [6, 6.07) is 14.5. The van der Waals surface area contributed by atoms with Crippen molar-refractivity contribution in [3.8, 4) is 0 Å². The van der Waals surface area contributed by atoms with Crippen molar-refractivity contribution in [3.63, 3.8) is 0 Å². The zero-order valence-electron chi connectivity index (χ0n) is 20.8. The van der Waals surface area contributed by atoms with Crippen LogP contribution in [-0.2, 0) is 16.0 Å². The van der Waals surface area contributed by atoms with Crippen molar-refractivity contribution in [3.05, 3.63) is 59.2 Å². The molecule has 2 aliphatic rings. The third-order valence-corrected chi connectivity index (χ3v) is 7.17. The number of benzene rings is 2. The van der Waals surface area contributed by atoms with Gasteiger partial charge in [-0.1, -0.05) is 44.5 Å². The minimum atomic E-state index is -0.623. The van der Waals surface area contributed by atoms with E-state index in [-0.39, 0.29) is 6.04 Å². The number of carbonyl (C=O) groups excluding carboxylic acids is 2. The van der Waals surface area contributed by atoms with E-state index >= 15 is 0 Å². The molecular formula is C28H38N4O2. The van der Waals surface area contributed by atoms with Crippen molar-refractivity contribution >= 4 is 23.2 Å². The first-order valence-electron chi connectivity index (χ1n) is 12.7. The van der Waals surface area contributed by atoms with Crippen LogP contribution in [0.2, 0.25) is 0 Å². The number of hydrogen-bond acceptors (Lipinski definition) is 4. The van der Waals surface area contributed by atoms with E-state index in [2.05, 4.69) is 59.5 Å². The Kier molecular flexibility index (Phi) is 7.88. The van der Waals surface area contributed by atoms with E-state index in [4.69, 9.17) is 0 Å². The Morgan fingerprint density at radius 1 is 0.882 bits per heavy atom. The molecule has 6 heteroatoms. The van der Waals surface area contributed by atoms with Crippen molar-refractivity contribution < 1.29 is 9.59 Å². The number of likely N-dealkylation sites (tertiary alicyclic amines) is 1. The summed E-state index contributed by atoms with van der Waals surface area (Å²) in [5.41, 5.74) is 5.74. The molecule has 6 nitrogen and oxygen atoms in total. The van der Waals surface area contributed by atoms with E-state index in [0.717, 1.165) is 32.5 Å². The van der Waals surface area contributed by atoms with Crippen molar-refractivity contribution in [1.29, 1.82) is 0 Å². The molecule has 4 rings (SSSR count). The zero-order valence-corrected chi connectivity index (χ0v) is 20.8. The Balaban J connectivity index is 1.43. The molecule has 2 aromatic carbocycles. The van der Waals surface area contributed by atoms with Gasteiger partial charge in [-0.05, 0) is 79.6 Å². The summed E-state index contributed by atoms with van der Waals surface area (Å²) < 4.78 is 0. The first-order valence-corrected chi connectivity index (χ1v) is 12.7. The van der Waals surface area contributed by atoms with Gasteiger partial charge >= 0.3 is 11.8 Å². The predicted octanol–water partition coefficient (Wildman–Crippen LogP) is 4.47. The Hall–Kier alpha value is -2.86. The number of fused-ring (bicyclic) bond motifs is 1. The molecule has 1 fully saturated rings. The van der Waals surface area contributed by atoms with Gasteiger partial charge in [0.2, 0.25) is 0 Å². The summed E-state index contributed by atoms with van der Waals surface area (Å²) in [7, 11) is 2.15. The van der Waals surface area contributed by atoms with Crippen LogP contribution in [-0.4, -0.2) is 49.9 Å². The molecular weight excluding hydrogens is 424 g/mol. The topological polar surface area (TPSA) is 64.7 Å². The third-order valence-electron chi connectivity index (χ3n) is 7.17. The van der Waals surface area contributed by atoms with Crippen molar-refractivity contribution in [2.75, 3.05) is 43.4 Å². The molecule has 0 aromatic heterocycles. The average Bonchev–Trinajstić information content (AvgIpc) is 2.85. The van der Waals surface area contributed by atoms with Gasteiger partial charge < -0.3 is 15.5 Å². The predicted molar refractivity (Wildman–Crippen MR) is 138 cm³/mol. The molecule has 0 unspecified atom stereocenters. The Morgan fingerprint density at radius 2 is 1.59 bits per heavy atom. The van der Waals surface area contributed by atoms with Crippen molar-refractivity contribution in [2.24, 2.45) is 0 Å². The quantitative estimate of drug-likeness (QED) is 0.622. The molecule has 0 spiro atoms. The van der Waals surface area contributed by atoms with Crippen LogP contribution in [0, 0.1) is 0 Å². The first-order chi connectivity index (χ1) is 16.4. The normalized spacial score (nSPS) is 17.2. The molecule has 1 atom stereocenters. The number of anilines is 2. The van der Waals surface area contributed by atoms with Crippen molar-refractivity contribution in [2.45, 2.75) is 57.9 Å². The first kappa shape index (κ1) is 24.3. The van der Waals surface area contributed by atoms with E-state index in [0.29, 0.717) is 18.2 Å². The molecule has 2 N–H and O–H groups in total. The maximum atomic E-state index is 12.7. The Labute approximate surface area is 203 Å². The number of nitrogens with one attached hydrogen (secondary N) is 2. The van der Waals surface area contributed by atoms with Crippen molar-refractivity contribution in [1.82, 2.24) is 10.2 Å². The van der Waals surface area contributed by atoms with Gasteiger partial charge in [0.05, 0.1) is 6.04 Å². The van der Waals surface area contributed by atoms with Crippen LogP contribution < -0.4 is 15.5 Å². The fourth-order valence-electron chi connectivity index (χ4n) is 5.11. The second-order valence-corrected chi connectivity index (χ2v) is 9.97. The molecule has 0 saturated carbocycles. The lowest BCUT2D eigenvalue weighted by atomic mass is 9.95. The Morgan fingerprint density at radius 3 is 2.29 bits per heavy atom. The van der Waals surface area contributed by atoms with Crippen LogP contribution in [0.15, 0.2) is 42.5 Å². The molecule has 2 heterocycles. The zero-order chi connectivity index (χ0) is 24.1. The van der Waals surface area contributed by atoms with E-state index < -0.39 is 11.8 Å². The van der Waals surface area contributed by atoms with Crippen LogP contribution in [0.1, 0.15) is 68.2 Å². The Bertz CT molecular complexity index is 996. The average molecular weight is 463 g/mol. The highest BCUT2D eigenvalue weighted by Gasteiger charge is 2.26. The van der Waals surface area contributed by atoms with Crippen LogP contribution in [0.5, 0.6) is 0 Å².